The Hall–Kier alpha value is -1.98. The first-order valence-corrected chi connectivity index (χ1v) is 6.30. The number of nitrogens with zero attached hydrogens (tertiary/aromatic N) is 5. The van der Waals surface area contributed by atoms with Crippen LogP contribution in [0.15, 0.2) is 18.6 Å². The molecule has 18 heavy (non-hydrogen) atoms. The Morgan fingerprint density at radius 1 is 1.44 bits per heavy atom. The van der Waals surface area contributed by atoms with Crippen molar-refractivity contribution in [1.29, 1.82) is 0 Å². The first kappa shape index (κ1) is 11.1. The second-order valence-corrected chi connectivity index (χ2v) is 4.45. The Labute approximate surface area is 105 Å². The molecule has 2 aromatic rings. The molecule has 0 aliphatic carbocycles. The number of fused-ring (bicyclic) bond motifs is 1. The molecule has 0 radical (unpaired) electrons. The highest BCUT2D eigenvalue weighted by Gasteiger charge is 2.21. The van der Waals surface area contributed by atoms with Crippen molar-refractivity contribution in [2.45, 2.75) is 38.8 Å². The summed E-state index contributed by atoms with van der Waals surface area (Å²) in [5.41, 5.74) is 0. The van der Waals surface area contributed by atoms with Crippen molar-refractivity contribution >= 4 is 5.82 Å². The van der Waals surface area contributed by atoms with Gasteiger partial charge in [0.1, 0.15) is 11.6 Å². The molecule has 0 saturated heterocycles. The summed E-state index contributed by atoms with van der Waals surface area (Å²) in [5.74, 6) is 2.86. The molecule has 6 nitrogen and oxygen atoms in total. The third-order valence-electron chi connectivity index (χ3n) is 3.13. The molecule has 1 N–H and O–H groups in total. The molecule has 0 bridgehead atoms. The molecule has 1 atom stereocenters. The average molecular weight is 244 g/mol. The lowest BCUT2D eigenvalue weighted by Gasteiger charge is -2.23. The molecule has 2 aromatic heterocycles. The molecular formula is C12H16N6. The standard InChI is InChI=1S/C12H16N6/c1-2-10-16-12-4-3-9(8-18(12)17-10)15-11-7-13-5-6-14-11/h5-7,9H,2-4,8H2,1H3,(H,14,15). The Kier molecular flexibility index (Phi) is 2.92. The Balaban J connectivity index is 1.71. The molecule has 0 saturated carbocycles. The van der Waals surface area contributed by atoms with Gasteiger partial charge in [-0.25, -0.2) is 14.6 Å². The van der Waals surface area contributed by atoms with E-state index in [0.717, 1.165) is 43.3 Å². The summed E-state index contributed by atoms with van der Waals surface area (Å²) >= 11 is 0. The normalized spacial score (nSPS) is 18.4. The summed E-state index contributed by atoms with van der Waals surface area (Å²) in [6.07, 6.45) is 8.02. The molecule has 6 heteroatoms. The summed E-state index contributed by atoms with van der Waals surface area (Å²) < 4.78 is 2.01. The van der Waals surface area contributed by atoms with Gasteiger partial charge in [-0.15, -0.1) is 0 Å². The predicted octanol–water partition coefficient (Wildman–Crippen LogP) is 1.06. The Bertz CT molecular complexity index is 521. The van der Waals surface area contributed by atoms with E-state index >= 15 is 0 Å². The monoisotopic (exact) mass is 244 g/mol. The molecular weight excluding hydrogens is 228 g/mol. The molecule has 1 aliphatic rings. The molecule has 1 unspecified atom stereocenters. The largest absolute Gasteiger partial charge is 0.364 e. The van der Waals surface area contributed by atoms with Crippen molar-refractivity contribution in [1.82, 2.24) is 24.7 Å². The second-order valence-electron chi connectivity index (χ2n) is 4.45. The zero-order valence-electron chi connectivity index (χ0n) is 10.4. The number of nitrogens with one attached hydrogen (secondary N) is 1. The number of hydrogen-bond acceptors (Lipinski definition) is 5. The second kappa shape index (κ2) is 4.72. The summed E-state index contributed by atoms with van der Waals surface area (Å²) in [4.78, 5) is 12.8. The van der Waals surface area contributed by atoms with Gasteiger partial charge >= 0.3 is 0 Å². The third-order valence-corrected chi connectivity index (χ3v) is 3.13. The van der Waals surface area contributed by atoms with E-state index in [1.165, 1.54) is 0 Å². The molecule has 3 heterocycles. The van der Waals surface area contributed by atoms with Gasteiger partial charge in [-0.1, -0.05) is 6.92 Å². The maximum Gasteiger partial charge on any atom is 0.150 e. The van der Waals surface area contributed by atoms with Crippen LogP contribution in [-0.4, -0.2) is 30.8 Å². The highest BCUT2D eigenvalue weighted by molar-refractivity contribution is 5.31. The molecule has 3 rings (SSSR count). The smallest absolute Gasteiger partial charge is 0.150 e. The van der Waals surface area contributed by atoms with Gasteiger partial charge in [-0.05, 0) is 6.42 Å². The van der Waals surface area contributed by atoms with Gasteiger partial charge in [0.25, 0.3) is 0 Å². The van der Waals surface area contributed by atoms with E-state index in [4.69, 9.17) is 0 Å². The van der Waals surface area contributed by atoms with Crippen molar-refractivity contribution in [3.63, 3.8) is 0 Å². The number of aromatic nitrogens is 5. The fraction of sp³-hybridized carbons (Fsp3) is 0.500. The summed E-state index contributed by atoms with van der Waals surface area (Å²) in [7, 11) is 0. The molecule has 0 fully saturated rings. The van der Waals surface area contributed by atoms with Crippen molar-refractivity contribution in [2.24, 2.45) is 0 Å². The number of rotatable bonds is 3. The number of anilines is 1. The molecule has 94 valence electrons. The number of aryl methyl sites for hydroxylation is 2. The van der Waals surface area contributed by atoms with Crippen LogP contribution < -0.4 is 5.32 Å². The van der Waals surface area contributed by atoms with E-state index in [1.807, 2.05) is 4.68 Å². The minimum atomic E-state index is 0.348. The Morgan fingerprint density at radius 3 is 3.17 bits per heavy atom. The van der Waals surface area contributed by atoms with Gasteiger partial charge in [-0.2, -0.15) is 5.10 Å². The quantitative estimate of drug-likeness (QED) is 0.874. The van der Waals surface area contributed by atoms with Crippen LogP contribution in [0.4, 0.5) is 5.82 Å². The van der Waals surface area contributed by atoms with Crippen LogP contribution in [0, 0.1) is 0 Å². The van der Waals surface area contributed by atoms with Gasteiger partial charge in [0.2, 0.25) is 0 Å². The van der Waals surface area contributed by atoms with Crippen LogP contribution in [0.25, 0.3) is 0 Å². The van der Waals surface area contributed by atoms with E-state index in [0.29, 0.717) is 6.04 Å². The zero-order chi connectivity index (χ0) is 12.4. The fourth-order valence-electron chi connectivity index (χ4n) is 2.21. The SMILES string of the molecule is CCc1nc2n(n1)CC(Nc1cnccn1)CC2. The molecule has 1 aliphatic heterocycles. The van der Waals surface area contributed by atoms with E-state index in [-0.39, 0.29) is 0 Å². The van der Waals surface area contributed by atoms with Crippen LogP contribution in [-0.2, 0) is 19.4 Å². The fourth-order valence-corrected chi connectivity index (χ4v) is 2.21. The zero-order valence-corrected chi connectivity index (χ0v) is 10.4. The van der Waals surface area contributed by atoms with Crippen molar-refractivity contribution in [3.05, 3.63) is 30.2 Å². The van der Waals surface area contributed by atoms with E-state index in [9.17, 15) is 0 Å². The molecule has 0 spiro atoms. The maximum absolute atomic E-state index is 4.51. The summed E-state index contributed by atoms with van der Waals surface area (Å²) in [6, 6.07) is 0.348. The first-order chi connectivity index (χ1) is 8.85. The lowest BCUT2D eigenvalue weighted by Crippen LogP contribution is -2.32. The highest BCUT2D eigenvalue weighted by atomic mass is 15.4. The average Bonchev–Trinajstić information content (AvgIpc) is 2.82. The van der Waals surface area contributed by atoms with Gasteiger partial charge in [-0.3, -0.25) is 4.98 Å². The lowest BCUT2D eigenvalue weighted by molar-refractivity contribution is 0.439. The predicted molar refractivity (Wildman–Crippen MR) is 67.2 cm³/mol. The summed E-state index contributed by atoms with van der Waals surface area (Å²) in [5, 5.41) is 7.88. The van der Waals surface area contributed by atoms with Crippen LogP contribution in [0.3, 0.4) is 0 Å². The van der Waals surface area contributed by atoms with Gasteiger partial charge in [0.05, 0.1) is 12.7 Å². The number of hydrogen-bond donors (Lipinski definition) is 1. The van der Waals surface area contributed by atoms with Crippen LogP contribution in [0.1, 0.15) is 25.0 Å². The Morgan fingerprint density at radius 2 is 2.39 bits per heavy atom. The first-order valence-electron chi connectivity index (χ1n) is 6.30. The van der Waals surface area contributed by atoms with Crippen LogP contribution in [0.2, 0.25) is 0 Å². The van der Waals surface area contributed by atoms with Gasteiger partial charge in [0.15, 0.2) is 5.82 Å². The van der Waals surface area contributed by atoms with Crippen molar-refractivity contribution in [3.8, 4) is 0 Å². The van der Waals surface area contributed by atoms with Crippen molar-refractivity contribution in [2.75, 3.05) is 5.32 Å². The van der Waals surface area contributed by atoms with E-state index in [2.05, 4.69) is 32.3 Å². The lowest BCUT2D eigenvalue weighted by atomic mass is 10.1. The molecule has 0 amide bonds. The van der Waals surface area contributed by atoms with Crippen molar-refractivity contribution < 1.29 is 0 Å². The minimum Gasteiger partial charge on any atom is -0.364 e. The minimum absolute atomic E-state index is 0.348. The molecule has 0 aromatic carbocycles. The highest BCUT2D eigenvalue weighted by Crippen LogP contribution is 2.16. The van der Waals surface area contributed by atoms with Gasteiger partial charge < -0.3 is 5.32 Å². The van der Waals surface area contributed by atoms with Crippen LogP contribution in [0.5, 0.6) is 0 Å². The van der Waals surface area contributed by atoms with E-state index < -0.39 is 0 Å². The maximum atomic E-state index is 4.51. The van der Waals surface area contributed by atoms with Crippen LogP contribution >= 0.6 is 0 Å². The van der Waals surface area contributed by atoms with Gasteiger partial charge in [0, 0.05) is 31.3 Å². The summed E-state index contributed by atoms with van der Waals surface area (Å²) in [6.45, 7) is 2.93. The topological polar surface area (TPSA) is 68.5 Å². The van der Waals surface area contributed by atoms with E-state index in [1.54, 1.807) is 18.6 Å². The third kappa shape index (κ3) is 2.18.